The van der Waals surface area contributed by atoms with E-state index in [2.05, 4.69) is 22.6 Å². The maximum Gasteiger partial charge on any atom is 0.307 e. The minimum absolute atomic E-state index is 0.0422. The Morgan fingerprint density at radius 2 is 2.30 bits per heavy atom. The first-order valence-electron chi connectivity index (χ1n) is 6.38. The smallest absolute Gasteiger partial charge is 0.307 e. The number of hydrogen-bond acceptors (Lipinski definition) is 6. The number of ether oxygens (including phenoxy) is 1. The lowest BCUT2D eigenvalue weighted by Crippen LogP contribution is -2.26. The van der Waals surface area contributed by atoms with E-state index >= 15 is 0 Å². The Hall–Kier alpha value is -1.24. The van der Waals surface area contributed by atoms with Gasteiger partial charge in [-0.2, -0.15) is 0 Å². The third kappa shape index (κ3) is 3.88. The van der Waals surface area contributed by atoms with Gasteiger partial charge in [-0.3, -0.25) is 4.79 Å². The highest BCUT2D eigenvalue weighted by molar-refractivity contribution is 7.10. The van der Waals surface area contributed by atoms with Crippen LogP contribution in [-0.2, 0) is 9.53 Å². The van der Waals surface area contributed by atoms with Gasteiger partial charge in [0.15, 0.2) is 0 Å². The van der Waals surface area contributed by atoms with Gasteiger partial charge in [0.25, 0.3) is 0 Å². The molecule has 2 heterocycles. The Morgan fingerprint density at radius 3 is 2.85 bits per heavy atom. The van der Waals surface area contributed by atoms with Gasteiger partial charge in [0.1, 0.15) is 0 Å². The molecule has 0 spiro atoms. The largest absolute Gasteiger partial charge is 0.469 e. The second kappa shape index (κ2) is 6.97. The van der Waals surface area contributed by atoms with Gasteiger partial charge in [-0.05, 0) is 25.3 Å². The van der Waals surface area contributed by atoms with Gasteiger partial charge in [0, 0.05) is 16.3 Å². The molecule has 20 heavy (non-hydrogen) atoms. The zero-order valence-electron chi connectivity index (χ0n) is 11.8. The normalized spacial score (nSPS) is 13.9. The molecule has 0 fully saturated rings. The summed E-state index contributed by atoms with van der Waals surface area (Å²) in [6.07, 6.45) is 0.324. The van der Waals surface area contributed by atoms with E-state index in [0.29, 0.717) is 6.42 Å². The lowest BCUT2D eigenvalue weighted by Gasteiger charge is -2.20. The third-order valence-electron chi connectivity index (χ3n) is 3.02. The average molecular weight is 310 g/mol. The van der Waals surface area contributed by atoms with Crippen LogP contribution in [0.3, 0.4) is 0 Å². The lowest BCUT2D eigenvalue weighted by molar-refractivity contribution is -0.141. The molecule has 0 aliphatic carbocycles. The Labute approximate surface area is 126 Å². The van der Waals surface area contributed by atoms with Crippen molar-refractivity contribution >= 4 is 28.6 Å². The summed E-state index contributed by atoms with van der Waals surface area (Å²) in [7, 11) is 1.42. The van der Waals surface area contributed by atoms with Crippen molar-refractivity contribution in [1.29, 1.82) is 0 Å². The molecular weight excluding hydrogens is 292 g/mol. The number of rotatable bonds is 6. The van der Waals surface area contributed by atoms with Crippen LogP contribution in [0.25, 0.3) is 0 Å². The van der Waals surface area contributed by atoms with E-state index in [-0.39, 0.29) is 18.1 Å². The van der Waals surface area contributed by atoms with Gasteiger partial charge in [-0.25, -0.2) is 4.98 Å². The summed E-state index contributed by atoms with van der Waals surface area (Å²) in [5.41, 5.74) is 1.01. The number of carbonyl (C=O) groups is 1. The van der Waals surface area contributed by atoms with E-state index in [1.165, 1.54) is 7.11 Å². The minimum Gasteiger partial charge on any atom is -0.469 e. The van der Waals surface area contributed by atoms with Crippen molar-refractivity contribution in [1.82, 2.24) is 10.3 Å². The Kier molecular flexibility index (Phi) is 5.28. The minimum atomic E-state index is -0.211. The van der Waals surface area contributed by atoms with Crippen LogP contribution in [0.5, 0.6) is 0 Å². The first-order valence-corrected chi connectivity index (χ1v) is 8.14. The summed E-state index contributed by atoms with van der Waals surface area (Å²) in [4.78, 5) is 17.2. The number of esters is 1. The van der Waals surface area contributed by atoms with E-state index in [1.807, 2.05) is 24.4 Å². The van der Waals surface area contributed by atoms with Crippen molar-refractivity contribution in [2.75, 3.05) is 7.11 Å². The summed E-state index contributed by atoms with van der Waals surface area (Å²) < 4.78 is 4.78. The monoisotopic (exact) mass is 310 g/mol. The molecule has 2 unspecified atom stereocenters. The Bertz CT molecular complexity index is 551. The van der Waals surface area contributed by atoms with Gasteiger partial charge in [0.2, 0.25) is 0 Å². The number of aryl methyl sites for hydroxylation is 1. The quantitative estimate of drug-likeness (QED) is 0.830. The van der Waals surface area contributed by atoms with E-state index in [0.717, 1.165) is 15.6 Å². The van der Waals surface area contributed by atoms with Crippen LogP contribution >= 0.6 is 22.7 Å². The molecule has 2 rings (SSSR count). The van der Waals surface area contributed by atoms with Crippen molar-refractivity contribution in [3.8, 4) is 0 Å². The fourth-order valence-electron chi connectivity index (χ4n) is 1.95. The van der Waals surface area contributed by atoms with Gasteiger partial charge in [-0.15, -0.1) is 22.7 Å². The molecule has 1 N–H and O–H groups in total. The molecule has 4 nitrogen and oxygen atoms in total. The number of hydrogen-bond donors (Lipinski definition) is 1. The van der Waals surface area contributed by atoms with Crippen LogP contribution in [0.15, 0.2) is 22.9 Å². The highest BCUT2D eigenvalue weighted by Gasteiger charge is 2.21. The number of aromatic nitrogens is 1. The molecule has 2 atom stereocenters. The summed E-state index contributed by atoms with van der Waals surface area (Å²) in [6.45, 7) is 4.05. The first-order chi connectivity index (χ1) is 9.60. The molecule has 0 aliphatic heterocycles. The molecule has 6 heteroatoms. The van der Waals surface area contributed by atoms with Crippen LogP contribution in [0, 0.1) is 6.92 Å². The van der Waals surface area contributed by atoms with Crippen LogP contribution in [0.1, 0.15) is 41.0 Å². The van der Waals surface area contributed by atoms with Crippen molar-refractivity contribution in [2.24, 2.45) is 0 Å². The average Bonchev–Trinajstić information content (AvgIpc) is 3.08. The molecule has 0 saturated heterocycles. The van der Waals surface area contributed by atoms with Crippen LogP contribution in [0.2, 0.25) is 0 Å². The zero-order chi connectivity index (χ0) is 14.5. The number of nitrogens with zero attached hydrogens (tertiary/aromatic N) is 1. The van der Waals surface area contributed by atoms with Crippen molar-refractivity contribution < 1.29 is 9.53 Å². The number of methoxy groups -OCH3 is 1. The van der Waals surface area contributed by atoms with Crippen molar-refractivity contribution in [3.63, 3.8) is 0 Å². The topological polar surface area (TPSA) is 51.2 Å². The number of nitrogens with one attached hydrogen (secondary N) is 1. The fourth-order valence-corrected chi connectivity index (χ4v) is 3.44. The Morgan fingerprint density at radius 1 is 1.50 bits per heavy atom. The van der Waals surface area contributed by atoms with Gasteiger partial charge >= 0.3 is 5.97 Å². The second-order valence-corrected chi connectivity index (χ2v) is 6.57. The summed E-state index contributed by atoms with van der Waals surface area (Å²) in [6, 6.07) is 4.07. The maximum atomic E-state index is 11.6. The molecule has 0 amide bonds. The van der Waals surface area contributed by atoms with Gasteiger partial charge in [-0.1, -0.05) is 6.07 Å². The molecule has 0 saturated carbocycles. The van der Waals surface area contributed by atoms with Crippen LogP contribution in [0.4, 0.5) is 0 Å². The van der Waals surface area contributed by atoms with E-state index in [4.69, 9.17) is 4.74 Å². The number of thiazole rings is 1. The number of carbonyl (C=O) groups excluding carboxylic acids is 1. The summed E-state index contributed by atoms with van der Waals surface area (Å²) in [5.74, 6) is -0.211. The molecular formula is C14H18N2O2S2. The molecule has 2 aromatic heterocycles. The molecule has 0 bridgehead atoms. The van der Waals surface area contributed by atoms with E-state index in [9.17, 15) is 4.79 Å². The standard InChI is InChI=1S/C14H18N2O2S2/c1-9(12-8-20-10(2)16-12)15-11(7-14(17)18-3)13-5-4-6-19-13/h4-6,8-9,11,15H,7H2,1-3H3. The molecule has 0 aromatic carbocycles. The van der Waals surface area contributed by atoms with Gasteiger partial charge in [0.05, 0.1) is 30.3 Å². The van der Waals surface area contributed by atoms with Crippen molar-refractivity contribution in [3.05, 3.63) is 38.5 Å². The van der Waals surface area contributed by atoms with Crippen LogP contribution in [-0.4, -0.2) is 18.1 Å². The highest BCUT2D eigenvalue weighted by Crippen LogP contribution is 2.26. The molecule has 2 aromatic rings. The predicted octanol–water partition coefficient (Wildman–Crippen LogP) is 3.47. The SMILES string of the molecule is COC(=O)CC(NC(C)c1csc(C)n1)c1cccs1. The molecule has 0 radical (unpaired) electrons. The first kappa shape index (κ1) is 15.2. The predicted molar refractivity (Wildman–Crippen MR) is 82.1 cm³/mol. The third-order valence-corrected chi connectivity index (χ3v) is 4.79. The zero-order valence-corrected chi connectivity index (χ0v) is 13.4. The molecule has 0 aliphatic rings. The second-order valence-electron chi connectivity index (χ2n) is 4.53. The number of thiophene rings is 1. The summed E-state index contributed by atoms with van der Waals surface area (Å²) >= 11 is 3.27. The van der Waals surface area contributed by atoms with E-state index in [1.54, 1.807) is 22.7 Å². The molecule has 108 valence electrons. The van der Waals surface area contributed by atoms with Crippen molar-refractivity contribution in [2.45, 2.75) is 32.4 Å². The fraction of sp³-hybridized carbons (Fsp3) is 0.429. The lowest BCUT2D eigenvalue weighted by atomic mass is 10.1. The van der Waals surface area contributed by atoms with Gasteiger partial charge < -0.3 is 10.1 Å². The van der Waals surface area contributed by atoms with E-state index < -0.39 is 0 Å². The highest BCUT2D eigenvalue weighted by atomic mass is 32.1. The maximum absolute atomic E-state index is 11.6. The van der Waals surface area contributed by atoms with Crippen LogP contribution < -0.4 is 5.32 Å². The summed E-state index contributed by atoms with van der Waals surface area (Å²) in [5, 5.41) is 8.58. The Balaban J connectivity index is 2.09.